The summed E-state index contributed by atoms with van der Waals surface area (Å²) in [6.07, 6.45) is 5.26. The number of carbonyl (C=O) groups excluding carboxylic acids is 1. The van der Waals surface area contributed by atoms with Gasteiger partial charge in [0.25, 0.3) is 0 Å². The summed E-state index contributed by atoms with van der Waals surface area (Å²) < 4.78 is 25.9. The van der Waals surface area contributed by atoms with E-state index in [1.54, 1.807) is 36.5 Å². The van der Waals surface area contributed by atoms with Crippen molar-refractivity contribution in [2.45, 2.75) is 69.7 Å². The first-order valence-electron chi connectivity index (χ1n) is 17.5. The molecule has 5 fully saturated rings. The van der Waals surface area contributed by atoms with E-state index in [-0.39, 0.29) is 53.0 Å². The van der Waals surface area contributed by atoms with Crippen LogP contribution in [0.2, 0.25) is 15.1 Å². The fraction of sp³-hybridized carbons (Fsp3) is 0.385. The number of nitrogens with zero attached hydrogens (tertiary/aromatic N) is 5. The maximum absolute atomic E-state index is 17.2. The van der Waals surface area contributed by atoms with Crippen molar-refractivity contribution >= 4 is 62.5 Å². The van der Waals surface area contributed by atoms with Gasteiger partial charge in [0.15, 0.2) is 5.82 Å². The Morgan fingerprint density at radius 3 is 2.71 bits per heavy atom. The van der Waals surface area contributed by atoms with Gasteiger partial charge in [-0.1, -0.05) is 46.9 Å². The molecule has 6 heterocycles. The van der Waals surface area contributed by atoms with E-state index < -0.39 is 5.82 Å². The summed E-state index contributed by atoms with van der Waals surface area (Å²) in [5.41, 5.74) is 4.28. The van der Waals surface area contributed by atoms with Crippen LogP contribution < -0.4 is 10.1 Å². The number of carbonyl (C=O) groups is 1. The number of nitriles is 1. The number of likely N-dealkylation sites (tertiary alicyclic amines) is 1. The largest absolute Gasteiger partial charge is 0.472 e. The van der Waals surface area contributed by atoms with Crippen LogP contribution in [0.25, 0.3) is 32.9 Å². The van der Waals surface area contributed by atoms with E-state index in [4.69, 9.17) is 44.5 Å². The number of nitrogens with one attached hydrogen (secondary N) is 1. The van der Waals surface area contributed by atoms with E-state index in [9.17, 15) is 10.1 Å². The van der Waals surface area contributed by atoms with Crippen molar-refractivity contribution in [3.8, 4) is 23.1 Å². The predicted octanol–water partition coefficient (Wildman–Crippen LogP) is 8.78. The molecular weight excluding hydrogens is 710 g/mol. The first-order chi connectivity index (χ1) is 24.7. The molecule has 5 aromatic rings. The highest BCUT2D eigenvalue weighted by Crippen LogP contribution is 2.51. The van der Waals surface area contributed by atoms with Crippen molar-refractivity contribution in [3.63, 3.8) is 0 Å². The zero-order valence-corrected chi connectivity index (χ0v) is 30.1. The van der Waals surface area contributed by atoms with Gasteiger partial charge in [0.2, 0.25) is 11.8 Å². The van der Waals surface area contributed by atoms with Crippen LogP contribution in [0.1, 0.15) is 61.1 Å². The summed E-state index contributed by atoms with van der Waals surface area (Å²) in [4.78, 5) is 25.2. The minimum absolute atomic E-state index is 0.0210. The molecule has 8 nitrogen and oxygen atoms in total. The monoisotopic (exact) mass is 742 g/mol. The summed E-state index contributed by atoms with van der Waals surface area (Å²) in [6, 6.07) is 15.1. The van der Waals surface area contributed by atoms with Gasteiger partial charge < -0.3 is 19.5 Å². The summed E-state index contributed by atoms with van der Waals surface area (Å²) in [5.74, 6) is 0.497. The van der Waals surface area contributed by atoms with Gasteiger partial charge in [-0.05, 0) is 68.4 Å². The molecule has 10 rings (SSSR count). The Kier molecular flexibility index (Phi) is 8.15. The number of hydrogen-bond donors (Lipinski definition) is 1. The second-order valence-electron chi connectivity index (χ2n) is 14.3. The van der Waals surface area contributed by atoms with Crippen LogP contribution in [0.4, 0.5) is 4.39 Å². The van der Waals surface area contributed by atoms with Crippen LogP contribution >= 0.6 is 34.8 Å². The number of aryl methyl sites for hydroxylation is 2. The number of aromatic nitrogens is 3. The molecule has 0 unspecified atom stereocenters. The number of pyridine rings is 2. The van der Waals surface area contributed by atoms with Gasteiger partial charge in [0, 0.05) is 81.9 Å². The fourth-order valence-electron chi connectivity index (χ4n) is 8.69. The van der Waals surface area contributed by atoms with Crippen LogP contribution in [-0.4, -0.2) is 50.6 Å². The minimum atomic E-state index is -0.493. The minimum Gasteiger partial charge on any atom is -0.472 e. The van der Waals surface area contributed by atoms with Gasteiger partial charge in [-0.25, -0.2) is 14.4 Å². The van der Waals surface area contributed by atoms with E-state index >= 15 is 4.39 Å². The summed E-state index contributed by atoms with van der Waals surface area (Å²) in [7, 11) is 0. The molecule has 2 saturated carbocycles. The first kappa shape index (κ1) is 32.9. The number of fused-ring (bicyclic) bond motifs is 4. The van der Waals surface area contributed by atoms with Gasteiger partial charge in [0.1, 0.15) is 11.6 Å². The molecule has 5 atom stereocenters. The zero-order valence-electron chi connectivity index (χ0n) is 27.8. The summed E-state index contributed by atoms with van der Waals surface area (Å²) in [5, 5.41) is 16.0. The normalized spacial score (nSPS) is 23.9. The Balaban J connectivity index is 1.26. The van der Waals surface area contributed by atoms with Crippen molar-refractivity contribution in [1.82, 2.24) is 24.8 Å². The molecule has 0 radical (unpaired) electrons. The maximum atomic E-state index is 17.2. The number of hydrogen-bond acceptors (Lipinski definition) is 6. The fourth-order valence-corrected chi connectivity index (χ4v) is 9.24. The quantitative estimate of drug-likeness (QED) is 0.171. The standard InChI is InChI=1S/C39H34Cl3FN6O2/c1-19-26-16-31(30-15-24(18-48(30)39(50)20-7-8-20)51-32-14-23(40)9-11-45-32)49(37-22-13-29(37)46-17-22)38(26)27-12-21(4-3-10-44)33(35(43)36(27)47-19)25-5-2-6-28(41)34(25)42/h2,5-6,9,11-12,14,16,20,22,24,29-30,37,46H,3-4,7-8,13,15,17-18H2,1H3/t22-,24+,29-,30-,37+/m1/s1. The number of ether oxygens (including phenoxy) is 1. The smallest absolute Gasteiger partial charge is 0.226 e. The van der Waals surface area contributed by atoms with Crippen molar-refractivity contribution in [1.29, 1.82) is 5.26 Å². The third-order valence-electron chi connectivity index (χ3n) is 11.2. The van der Waals surface area contributed by atoms with E-state index in [1.807, 2.05) is 17.9 Å². The molecule has 2 aliphatic carbocycles. The Hall–Kier alpha value is -3.94. The predicted molar refractivity (Wildman–Crippen MR) is 196 cm³/mol. The van der Waals surface area contributed by atoms with Gasteiger partial charge in [-0.2, -0.15) is 5.26 Å². The maximum Gasteiger partial charge on any atom is 0.226 e. The molecule has 1 amide bonds. The second-order valence-corrected chi connectivity index (χ2v) is 15.6. The Morgan fingerprint density at radius 1 is 1.14 bits per heavy atom. The molecule has 2 aromatic carbocycles. The highest BCUT2D eigenvalue weighted by molar-refractivity contribution is 6.43. The number of rotatable bonds is 8. The molecule has 3 saturated heterocycles. The summed E-state index contributed by atoms with van der Waals surface area (Å²) in [6.45, 7) is 3.24. The number of benzene rings is 2. The molecule has 2 bridgehead atoms. The van der Waals surface area contributed by atoms with Gasteiger partial charge in [0.05, 0.1) is 40.3 Å². The van der Waals surface area contributed by atoms with E-state index in [0.29, 0.717) is 69.0 Å². The Bertz CT molecular complexity index is 2290. The van der Waals surface area contributed by atoms with Crippen molar-refractivity contribution in [2.24, 2.45) is 11.8 Å². The van der Waals surface area contributed by atoms with Gasteiger partial charge in [-0.15, -0.1) is 0 Å². The third-order valence-corrected chi connectivity index (χ3v) is 12.3. The van der Waals surface area contributed by atoms with Crippen LogP contribution in [0, 0.1) is 35.9 Å². The van der Waals surface area contributed by atoms with E-state index in [2.05, 4.69) is 27.0 Å². The lowest BCUT2D eigenvalue weighted by Crippen LogP contribution is -2.41. The highest BCUT2D eigenvalue weighted by Gasteiger charge is 2.51. The molecule has 0 spiro atoms. The topological polar surface area (TPSA) is 96.1 Å². The molecule has 3 aromatic heterocycles. The lowest BCUT2D eigenvalue weighted by molar-refractivity contribution is -0.133. The third kappa shape index (κ3) is 5.45. The lowest BCUT2D eigenvalue weighted by atomic mass is 9.79. The molecule has 260 valence electrons. The van der Waals surface area contributed by atoms with E-state index in [1.165, 1.54) is 0 Å². The average molecular weight is 744 g/mol. The number of amides is 1. The Morgan fingerprint density at radius 2 is 1.98 bits per heavy atom. The molecule has 12 heteroatoms. The first-order valence-corrected chi connectivity index (χ1v) is 18.6. The van der Waals surface area contributed by atoms with Crippen LogP contribution in [0.15, 0.2) is 48.7 Å². The average Bonchev–Trinajstić information content (AvgIpc) is 3.39. The Labute approximate surface area is 309 Å². The van der Waals surface area contributed by atoms with Crippen LogP contribution in [-0.2, 0) is 11.2 Å². The van der Waals surface area contributed by atoms with Crippen LogP contribution in [0.3, 0.4) is 0 Å². The SMILES string of the molecule is Cc1nc2c(F)c(-c3cccc(Cl)c3Cl)c(CCC#N)cc2c2c1cc([C@H]1C[C@H](Oc3cc(Cl)ccn3)CN1C(=O)C1CC1)n2[C@H]1[C@H]2CN[C@@H]1C2. The molecule has 3 aliphatic heterocycles. The van der Waals surface area contributed by atoms with Crippen LogP contribution in [0.5, 0.6) is 5.88 Å². The van der Waals surface area contributed by atoms with Crippen molar-refractivity contribution in [3.05, 3.63) is 86.5 Å². The summed E-state index contributed by atoms with van der Waals surface area (Å²) >= 11 is 19.3. The second kappa shape index (κ2) is 12.6. The van der Waals surface area contributed by atoms with E-state index in [0.717, 1.165) is 42.4 Å². The molecule has 1 N–H and O–H groups in total. The van der Waals surface area contributed by atoms with Crippen molar-refractivity contribution in [2.75, 3.05) is 13.1 Å². The zero-order chi connectivity index (χ0) is 35.1. The highest BCUT2D eigenvalue weighted by atomic mass is 35.5. The van der Waals surface area contributed by atoms with Gasteiger partial charge in [-0.3, -0.25) is 4.79 Å². The van der Waals surface area contributed by atoms with Gasteiger partial charge >= 0.3 is 0 Å². The number of halogens is 4. The molecule has 5 aliphatic rings. The molecular formula is C39H34Cl3FN6O2. The lowest BCUT2D eigenvalue weighted by Gasteiger charge is -2.39. The molecule has 51 heavy (non-hydrogen) atoms. The van der Waals surface area contributed by atoms with Crippen molar-refractivity contribution < 1.29 is 13.9 Å².